The number of allylic oxidation sites excluding steroid dienone is 1. The summed E-state index contributed by atoms with van der Waals surface area (Å²) in [6.45, 7) is 3.86. The third-order valence-electron chi connectivity index (χ3n) is 4.45. The van der Waals surface area contributed by atoms with Crippen molar-refractivity contribution in [3.63, 3.8) is 0 Å². The molecule has 146 valence electrons. The van der Waals surface area contributed by atoms with Crippen LogP contribution in [-0.4, -0.2) is 29.2 Å². The minimum absolute atomic E-state index is 0.0581. The van der Waals surface area contributed by atoms with Gasteiger partial charge in [0.2, 0.25) is 5.78 Å². The van der Waals surface area contributed by atoms with Gasteiger partial charge < -0.3 is 13.9 Å². The van der Waals surface area contributed by atoms with Crippen molar-refractivity contribution in [2.24, 2.45) is 0 Å². The van der Waals surface area contributed by atoms with Crippen LogP contribution in [0.5, 0.6) is 0 Å². The van der Waals surface area contributed by atoms with Gasteiger partial charge in [0.1, 0.15) is 11.5 Å². The normalized spacial score (nSPS) is 18.6. The van der Waals surface area contributed by atoms with Crippen LogP contribution in [0.15, 0.2) is 58.6 Å². The van der Waals surface area contributed by atoms with Crippen molar-refractivity contribution in [3.8, 4) is 0 Å². The summed E-state index contributed by atoms with van der Waals surface area (Å²) in [5.41, 5.74) is 0.576. The van der Waals surface area contributed by atoms with E-state index in [-0.39, 0.29) is 17.9 Å². The maximum Gasteiger partial charge on any atom is 0.269 e. The van der Waals surface area contributed by atoms with Crippen LogP contribution in [0.1, 0.15) is 42.3 Å². The molecule has 0 radical (unpaired) electrons. The average Bonchev–Trinajstić information content (AvgIpc) is 3.31. The second-order valence-electron chi connectivity index (χ2n) is 6.26. The summed E-state index contributed by atoms with van der Waals surface area (Å²) in [6, 6.07) is 8.93. The van der Waals surface area contributed by atoms with Gasteiger partial charge in [-0.3, -0.25) is 19.7 Å². The molecule has 0 amide bonds. The highest BCUT2D eigenvalue weighted by Crippen LogP contribution is 2.41. The van der Waals surface area contributed by atoms with Crippen molar-refractivity contribution in [1.82, 2.24) is 0 Å². The fraction of sp³-hybridized carbons (Fsp3) is 0.300. The molecule has 1 aromatic heterocycles. The number of ketones is 2. The van der Waals surface area contributed by atoms with Gasteiger partial charge in [0.25, 0.3) is 5.69 Å². The summed E-state index contributed by atoms with van der Waals surface area (Å²) in [4.78, 5) is 35.5. The van der Waals surface area contributed by atoms with Crippen LogP contribution in [0.4, 0.5) is 5.69 Å². The molecule has 28 heavy (non-hydrogen) atoms. The first-order chi connectivity index (χ1) is 13.4. The zero-order valence-electron chi connectivity index (χ0n) is 15.4. The minimum Gasteiger partial charge on any atom is -0.494 e. The molecule has 0 N–H and O–H groups in total. The minimum atomic E-state index is -0.957. The summed E-state index contributed by atoms with van der Waals surface area (Å²) >= 11 is 0. The van der Waals surface area contributed by atoms with Crippen LogP contribution in [-0.2, 0) is 14.3 Å². The molecule has 0 fully saturated rings. The topological polar surface area (TPSA) is 109 Å². The maximum absolute atomic E-state index is 12.8. The van der Waals surface area contributed by atoms with E-state index in [4.69, 9.17) is 13.9 Å². The maximum atomic E-state index is 12.8. The Labute approximate surface area is 160 Å². The lowest BCUT2D eigenvalue weighted by molar-refractivity contribution is -0.384. The Morgan fingerprint density at radius 2 is 1.93 bits per heavy atom. The Balaban J connectivity index is 1.87. The lowest BCUT2D eigenvalue weighted by Gasteiger charge is -2.20. The second-order valence-corrected chi connectivity index (χ2v) is 6.26. The van der Waals surface area contributed by atoms with Gasteiger partial charge in [-0.25, -0.2) is 0 Å². The molecule has 0 saturated heterocycles. The van der Waals surface area contributed by atoms with Gasteiger partial charge in [-0.2, -0.15) is 0 Å². The van der Waals surface area contributed by atoms with Gasteiger partial charge in [0, 0.05) is 12.1 Å². The van der Waals surface area contributed by atoms with Crippen LogP contribution < -0.4 is 0 Å². The Kier molecular flexibility index (Phi) is 5.58. The highest BCUT2D eigenvalue weighted by Gasteiger charge is 2.42. The predicted molar refractivity (Wildman–Crippen MR) is 97.7 cm³/mol. The molecule has 8 nitrogen and oxygen atoms in total. The number of nitro benzene ring substituents is 1. The van der Waals surface area contributed by atoms with Crippen molar-refractivity contribution in [3.05, 3.63) is 75.6 Å². The first-order valence-corrected chi connectivity index (χ1v) is 8.76. The second kappa shape index (κ2) is 8.08. The van der Waals surface area contributed by atoms with Gasteiger partial charge in [0.05, 0.1) is 30.1 Å². The molecule has 1 aliphatic rings. The third-order valence-corrected chi connectivity index (χ3v) is 4.45. The molecule has 0 saturated carbocycles. The molecular formula is C20H19NO7. The largest absolute Gasteiger partial charge is 0.494 e. The molecule has 1 aliphatic heterocycles. The first kappa shape index (κ1) is 19.3. The van der Waals surface area contributed by atoms with Gasteiger partial charge in [0.15, 0.2) is 17.6 Å². The number of nitro groups is 1. The van der Waals surface area contributed by atoms with Crippen molar-refractivity contribution >= 4 is 17.3 Å². The monoisotopic (exact) mass is 385 g/mol. The van der Waals surface area contributed by atoms with E-state index in [1.807, 2.05) is 6.92 Å². The van der Waals surface area contributed by atoms with Gasteiger partial charge in [-0.15, -0.1) is 0 Å². The summed E-state index contributed by atoms with van der Waals surface area (Å²) in [7, 11) is 0. The zero-order valence-corrected chi connectivity index (χ0v) is 15.4. The van der Waals surface area contributed by atoms with Crippen LogP contribution >= 0.6 is 0 Å². The summed E-state index contributed by atoms with van der Waals surface area (Å²) in [5.74, 6) is -0.401. The van der Waals surface area contributed by atoms with E-state index in [1.54, 1.807) is 25.1 Å². The number of benzene rings is 1. The molecule has 1 aromatic carbocycles. The van der Waals surface area contributed by atoms with E-state index in [1.165, 1.54) is 24.5 Å². The number of carbonyl (C=O) groups excluding carboxylic acids is 2. The molecule has 3 rings (SSSR count). The summed E-state index contributed by atoms with van der Waals surface area (Å²) in [5, 5.41) is 10.9. The van der Waals surface area contributed by atoms with E-state index in [0.717, 1.165) is 0 Å². The number of carbonyl (C=O) groups is 2. The van der Waals surface area contributed by atoms with Crippen LogP contribution in [0, 0.1) is 10.1 Å². The number of ether oxygens (including phenoxy) is 2. The fourth-order valence-corrected chi connectivity index (χ4v) is 3.18. The lowest BCUT2D eigenvalue weighted by atomic mass is 9.88. The number of hydrogen-bond acceptors (Lipinski definition) is 7. The Bertz CT molecular complexity index is 913. The van der Waals surface area contributed by atoms with Crippen molar-refractivity contribution in [2.45, 2.75) is 32.3 Å². The summed E-state index contributed by atoms with van der Waals surface area (Å²) < 4.78 is 16.5. The van der Waals surface area contributed by atoms with Crippen molar-refractivity contribution in [2.75, 3.05) is 6.61 Å². The molecule has 2 aromatic rings. The number of hydrogen-bond donors (Lipinski definition) is 0. The number of nitrogens with zero attached hydrogens (tertiary/aromatic N) is 1. The molecule has 8 heteroatoms. The van der Waals surface area contributed by atoms with E-state index in [9.17, 15) is 19.7 Å². The number of non-ortho nitro benzene ring substituents is 1. The van der Waals surface area contributed by atoms with Crippen LogP contribution in [0.3, 0.4) is 0 Å². The highest BCUT2D eigenvalue weighted by molar-refractivity contribution is 6.08. The molecule has 2 atom stereocenters. The first-order valence-electron chi connectivity index (χ1n) is 8.76. The van der Waals surface area contributed by atoms with Crippen LogP contribution in [0.2, 0.25) is 0 Å². The zero-order chi connectivity index (χ0) is 20.3. The SMILES string of the molecule is CCOC1=C(C)O[C@@H](C(=O)CC(=O)c2ccco2)[C@@H]1c1ccc([N+](=O)[O-])cc1. The third kappa shape index (κ3) is 3.80. The van der Waals surface area contributed by atoms with Crippen LogP contribution in [0.25, 0.3) is 0 Å². The predicted octanol–water partition coefficient (Wildman–Crippen LogP) is 3.78. The fourth-order valence-electron chi connectivity index (χ4n) is 3.18. The number of furan rings is 1. The molecule has 0 bridgehead atoms. The van der Waals surface area contributed by atoms with Gasteiger partial charge >= 0.3 is 0 Å². The highest BCUT2D eigenvalue weighted by atomic mass is 16.6. The van der Waals surface area contributed by atoms with E-state index in [2.05, 4.69) is 0 Å². The van der Waals surface area contributed by atoms with Crippen molar-refractivity contribution < 1.29 is 28.4 Å². The quantitative estimate of drug-likeness (QED) is 0.294. The standard InChI is InChI=1S/C20H19NO7/c1-3-26-19-12(2)28-20(16(23)11-15(22)17-5-4-10-27-17)18(19)13-6-8-14(9-7-13)21(24)25/h4-10,18,20H,3,11H2,1-2H3/t18-,20+/m1/s1. The van der Waals surface area contributed by atoms with E-state index in [0.29, 0.717) is 23.7 Å². The number of rotatable bonds is 8. The van der Waals surface area contributed by atoms with Crippen molar-refractivity contribution in [1.29, 1.82) is 0 Å². The molecule has 0 aliphatic carbocycles. The Morgan fingerprint density at radius 1 is 1.21 bits per heavy atom. The summed E-state index contributed by atoms with van der Waals surface area (Å²) in [6.07, 6.45) is 0.0263. The Hall–Kier alpha value is -3.42. The van der Waals surface area contributed by atoms with E-state index >= 15 is 0 Å². The smallest absolute Gasteiger partial charge is 0.269 e. The van der Waals surface area contributed by atoms with E-state index < -0.39 is 28.5 Å². The van der Waals surface area contributed by atoms with Gasteiger partial charge in [-0.05, 0) is 31.5 Å². The molecule has 2 heterocycles. The molecular weight excluding hydrogens is 366 g/mol. The lowest BCUT2D eigenvalue weighted by Crippen LogP contribution is -2.29. The van der Waals surface area contributed by atoms with Gasteiger partial charge in [-0.1, -0.05) is 12.1 Å². The average molecular weight is 385 g/mol. The Morgan fingerprint density at radius 3 is 2.50 bits per heavy atom. The molecule has 0 unspecified atom stereocenters. The number of Topliss-reactive ketones (excluding diaryl/α,β-unsaturated/α-hetero) is 2. The molecule has 0 spiro atoms.